The van der Waals surface area contributed by atoms with Gasteiger partial charge in [0.15, 0.2) is 0 Å². The summed E-state index contributed by atoms with van der Waals surface area (Å²) in [4.78, 5) is 25.6. The smallest absolute Gasteiger partial charge is 0.326 e. The van der Waals surface area contributed by atoms with Gasteiger partial charge in [0.05, 0.1) is 0 Å². The lowest BCUT2D eigenvalue weighted by Crippen LogP contribution is -2.41. The average Bonchev–Trinajstić information content (AvgIpc) is 2.15. The average molecular weight is 287 g/mol. The van der Waals surface area contributed by atoms with Crippen molar-refractivity contribution in [2.75, 3.05) is 0 Å². The van der Waals surface area contributed by atoms with Crippen LogP contribution in [0.5, 0.6) is 0 Å². The number of nitrogens with one attached hydrogen (secondary N) is 1. The van der Waals surface area contributed by atoms with Gasteiger partial charge in [-0.3, -0.25) is 9.78 Å². The quantitative estimate of drug-likeness (QED) is 0.865. The number of rotatable bonds is 4. The van der Waals surface area contributed by atoms with Crippen LogP contribution in [0.4, 0.5) is 0 Å². The van der Waals surface area contributed by atoms with E-state index in [0.29, 0.717) is 0 Å². The van der Waals surface area contributed by atoms with Gasteiger partial charge < -0.3 is 10.4 Å². The molecule has 1 amide bonds. The lowest BCUT2D eigenvalue weighted by atomic mass is 10.1. The third-order valence-electron chi connectivity index (χ3n) is 1.88. The fourth-order valence-electron chi connectivity index (χ4n) is 1.25. The van der Waals surface area contributed by atoms with Gasteiger partial charge in [-0.2, -0.15) is 0 Å². The van der Waals surface area contributed by atoms with E-state index in [1.165, 1.54) is 6.92 Å². The summed E-state index contributed by atoms with van der Waals surface area (Å²) in [6, 6.07) is 0.846. The third kappa shape index (κ3) is 3.98. The summed E-state index contributed by atoms with van der Waals surface area (Å²) < 4.78 is 0.775. The number of aliphatic carboxylic acids is 1. The van der Waals surface area contributed by atoms with E-state index in [9.17, 15) is 9.59 Å². The number of carboxylic acids is 1. The number of pyridine rings is 1. The zero-order valence-corrected chi connectivity index (χ0v) is 10.2. The molecule has 0 fully saturated rings. The Morgan fingerprint density at radius 3 is 2.75 bits per heavy atom. The van der Waals surface area contributed by atoms with E-state index in [1.54, 1.807) is 18.5 Å². The van der Waals surface area contributed by atoms with Gasteiger partial charge in [0.2, 0.25) is 5.91 Å². The van der Waals surface area contributed by atoms with Crippen molar-refractivity contribution in [2.24, 2.45) is 0 Å². The molecule has 0 aromatic carbocycles. The van der Waals surface area contributed by atoms with Gasteiger partial charge in [0.25, 0.3) is 0 Å². The molecule has 0 saturated heterocycles. The van der Waals surface area contributed by atoms with Gasteiger partial charge in [0.1, 0.15) is 6.04 Å². The molecule has 0 spiro atoms. The zero-order valence-electron chi connectivity index (χ0n) is 8.61. The van der Waals surface area contributed by atoms with Gasteiger partial charge in [0, 0.05) is 30.2 Å². The van der Waals surface area contributed by atoms with Crippen LogP contribution >= 0.6 is 15.9 Å². The molecule has 5 nitrogen and oxygen atoms in total. The molecule has 16 heavy (non-hydrogen) atoms. The molecule has 2 N–H and O–H groups in total. The maximum absolute atomic E-state index is 10.9. The number of nitrogens with zero attached hydrogens (tertiary/aromatic N) is 1. The number of amides is 1. The largest absolute Gasteiger partial charge is 0.480 e. The van der Waals surface area contributed by atoms with E-state index >= 15 is 0 Å². The lowest BCUT2D eigenvalue weighted by molar-refractivity contribution is -0.141. The van der Waals surface area contributed by atoms with E-state index < -0.39 is 12.0 Å². The molecule has 0 radical (unpaired) electrons. The lowest BCUT2D eigenvalue weighted by Gasteiger charge is -2.12. The molecule has 1 aromatic heterocycles. The minimum Gasteiger partial charge on any atom is -0.480 e. The number of carbonyl (C=O) groups is 2. The van der Waals surface area contributed by atoms with Crippen LogP contribution in [0.1, 0.15) is 12.5 Å². The highest BCUT2D eigenvalue weighted by Crippen LogP contribution is 2.11. The van der Waals surface area contributed by atoms with E-state index in [-0.39, 0.29) is 12.3 Å². The SMILES string of the molecule is CC(=O)NC(Cc1cncc(Br)c1)C(=O)O. The Hall–Kier alpha value is -1.43. The first-order valence-electron chi connectivity index (χ1n) is 4.58. The number of carboxylic acid groups (broad SMARTS) is 1. The number of hydrogen-bond acceptors (Lipinski definition) is 3. The maximum Gasteiger partial charge on any atom is 0.326 e. The van der Waals surface area contributed by atoms with Gasteiger partial charge in [-0.1, -0.05) is 0 Å². The second-order valence-electron chi connectivity index (χ2n) is 3.31. The fraction of sp³-hybridized carbons (Fsp3) is 0.300. The minimum absolute atomic E-state index is 0.210. The van der Waals surface area contributed by atoms with Gasteiger partial charge in [-0.15, -0.1) is 0 Å². The van der Waals surface area contributed by atoms with Crippen molar-refractivity contribution < 1.29 is 14.7 Å². The summed E-state index contributed by atoms with van der Waals surface area (Å²) in [6.07, 6.45) is 3.39. The van der Waals surface area contributed by atoms with Crippen LogP contribution in [0.15, 0.2) is 22.9 Å². The molecule has 1 heterocycles. The van der Waals surface area contributed by atoms with Crippen LogP contribution in [-0.4, -0.2) is 28.0 Å². The second kappa shape index (κ2) is 5.60. The van der Waals surface area contributed by atoms with Crippen molar-refractivity contribution in [2.45, 2.75) is 19.4 Å². The number of carbonyl (C=O) groups excluding carboxylic acids is 1. The molecule has 0 aliphatic heterocycles. The van der Waals surface area contributed by atoms with Crippen molar-refractivity contribution in [3.8, 4) is 0 Å². The Bertz CT molecular complexity index is 409. The number of hydrogen-bond donors (Lipinski definition) is 2. The monoisotopic (exact) mass is 286 g/mol. The van der Waals surface area contributed by atoms with Crippen molar-refractivity contribution in [1.29, 1.82) is 0 Å². The van der Waals surface area contributed by atoms with E-state index in [4.69, 9.17) is 5.11 Å². The number of halogens is 1. The fourth-order valence-corrected chi connectivity index (χ4v) is 1.66. The summed E-state index contributed by atoms with van der Waals surface area (Å²) in [5, 5.41) is 11.3. The van der Waals surface area contributed by atoms with E-state index in [2.05, 4.69) is 26.2 Å². The highest BCUT2D eigenvalue weighted by Gasteiger charge is 2.18. The van der Waals surface area contributed by atoms with Crippen LogP contribution in [0.25, 0.3) is 0 Å². The molecule has 1 aromatic rings. The molecule has 1 unspecified atom stereocenters. The summed E-state index contributed by atoms with van der Waals surface area (Å²) in [6.45, 7) is 1.29. The second-order valence-corrected chi connectivity index (χ2v) is 4.22. The van der Waals surface area contributed by atoms with Crippen LogP contribution in [0.3, 0.4) is 0 Å². The summed E-state index contributed by atoms with van der Waals surface area (Å²) in [5.41, 5.74) is 0.746. The van der Waals surface area contributed by atoms with Crippen LogP contribution in [0.2, 0.25) is 0 Å². The summed E-state index contributed by atoms with van der Waals surface area (Å²) >= 11 is 3.24. The molecule has 1 atom stereocenters. The first kappa shape index (κ1) is 12.6. The molecular formula is C10H11BrN2O3. The van der Waals surface area contributed by atoms with Gasteiger partial charge in [-0.25, -0.2) is 4.79 Å². The Kier molecular flexibility index (Phi) is 4.42. The van der Waals surface area contributed by atoms with E-state index in [1.807, 2.05) is 0 Å². The zero-order chi connectivity index (χ0) is 12.1. The van der Waals surface area contributed by atoms with Gasteiger partial charge >= 0.3 is 5.97 Å². The summed E-state index contributed by atoms with van der Waals surface area (Å²) in [5.74, 6) is -1.43. The normalized spacial score (nSPS) is 11.9. The molecular weight excluding hydrogens is 276 g/mol. The predicted molar refractivity (Wildman–Crippen MR) is 60.9 cm³/mol. The van der Waals surface area contributed by atoms with Crippen molar-refractivity contribution in [3.63, 3.8) is 0 Å². The Labute approximate surface area is 101 Å². The number of aromatic nitrogens is 1. The Morgan fingerprint density at radius 1 is 1.56 bits per heavy atom. The Balaban J connectivity index is 2.75. The highest BCUT2D eigenvalue weighted by molar-refractivity contribution is 9.10. The highest BCUT2D eigenvalue weighted by atomic mass is 79.9. The van der Waals surface area contributed by atoms with Crippen molar-refractivity contribution >= 4 is 27.8 Å². The topological polar surface area (TPSA) is 79.3 Å². The van der Waals surface area contributed by atoms with Crippen molar-refractivity contribution in [3.05, 3.63) is 28.5 Å². The third-order valence-corrected chi connectivity index (χ3v) is 2.31. The molecule has 0 aliphatic carbocycles. The molecule has 0 saturated carbocycles. The molecule has 6 heteroatoms. The predicted octanol–water partition coefficient (Wildman–Crippen LogP) is 0.976. The summed E-state index contributed by atoms with van der Waals surface area (Å²) in [7, 11) is 0. The molecule has 1 rings (SSSR count). The standard InChI is InChI=1S/C10H11BrN2O3/c1-6(14)13-9(10(15)16)3-7-2-8(11)5-12-4-7/h2,4-5,9H,3H2,1H3,(H,13,14)(H,15,16). The molecule has 0 bridgehead atoms. The van der Waals surface area contributed by atoms with Crippen molar-refractivity contribution in [1.82, 2.24) is 10.3 Å². The maximum atomic E-state index is 10.9. The first-order chi connectivity index (χ1) is 7.49. The Morgan fingerprint density at radius 2 is 2.25 bits per heavy atom. The molecule has 86 valence electrons. The van der Waals surface area contributed by atoms with Crippen LogP contribution in [-0.2, 0) is 16.0 Å². The first-order valence-corrected chi connectivity index (χ1v) is 5.37. The minimum atomic E-state index is -1.06. The van der Waals surface area contributed by atoms with Crippen LogP contribution < -0.4 is 5.32 Å². The molecule has 0 aliphatic rings. The van der Waals surface area contributed by atoms with Crippen LogP contribution in [0, 0.1) is 0 Å². The van der Waals surface area contributed by atoms with Gasteiger partial charge in [-0.05, 0) is 27.6 Å². The van der Waals surface area contributed by atoms with E-state index in [0.717, 1.165) is 10.0 Å².